The lowest BCUT2D eigenvalue weighted by Crippen LogP contribution is -2.14. The first kappa shape index (κ1) is 47.7. The summed E-state index contributed by atoms with van der Waals surface area (Å²) in [6.07, 6.45) is 3.12. The molecule has 0 fully saturated rings. The van der Waals surface area contributed by atoms with Crippen LogP contribution in [-0.2, 0) is 40.9 Å². The van der Waals surface area contributed by atoms with Gasteiger partial charge in [-0.25, -0.2) is 0 Å². The van der Waals surface area contributed by atoms with Crippen molar-refractivity contribution in [3.05, 3.63) is 191 Å². The summed E-state index contributed by atoms with van der Waals surface area (Å²) in [7, 11) is 9.61. The van der Waals surface area contributed by atoms with Crippen molar-refractivity contribution >= 4 is 24.2 Å². The van der Waals surface area contributed by atoms with E-state index in [4.69, 9.17) is 25.8 Å². The average Bonchev–Trinajstić information content (AvgIpc) is 4.08. The lowest BCUT2D eigenvalue weighted by Gasteiger charge is -2.10. The van der Waals surface area contributed by atoms with E-state index < -0.39 is 0 Å². The highest BCUT2D eigenvalue weighted by Gasteiger charge is 2.13. The molecule has 3 heterocycles. The van der Waals surface area contributed by atoms with Gasteiger partial charge in [0.25, 0.3) is 0 Å². The Hall–Kier alpha value is -8.27. The molecule has 0 aliphatic carbocycles. The monoisotopic (exact) mass is 928 g/mol. The number of aryl methyl sites for hydroxylation is 1. The third-order valence-electron chi connectivity index (χ3n) is 10.3. The van der Waals surface area contributed by atoms with Crippen molar-refractivity contribution < 1.29 is 23.8 Å². The Balaban J connectivity index is 0.000000152. The SMILES string of the molecule is CN(C)Cc1nnc(-c2ccc(Oc3cc(Cl)ccc3C=O)cc2)n1C.Cn1c(C=O)nnc1-c1ccc(OCc2ccccc2)cc1.Cn1cnnc1-c1ccc(OCc2ccccc2)cc1. The highest BCUT2D eigenvalue weighted by molar-refractivity contribution is 6.30. The normalized spacial score (nSPS) is 10.6. The second-order valence-electron chi connectivity index (χ2n) is 15.6. The molecule has 344 valence electrons. The number of nitrogens with zero attached hydrogens (tertiary/aromatic N) is 10. The summed E-state index contributed by atoms with van der Waals surface area (Å²) >= 11 is 5.98. The van der Waals surface area contributed by atoms with Crippen LogP contribution in [0, 0.1) is 0 Å². The molecule has 0 unspecified atom stereocenters. The molecule has 0 N–H and O–H groups in total. The Labute approximate surface area is 399 Å². The van der Waals surface area contributed by atoms with Crippen LogP contribution in [0.15, 0.2) is 158 Å². The fraction of sp³-hybridized carbons (Fsp3) is 0.154. The van der Waals surface area contributed by atoms with Gasteiger partial charge in [-0.2, -0.15) is 0 Å². The zero-order valence-electron chi connectivity index (χ0n) is 38.2. The molecule has 0 spiro atoms. The number of carbonyl (C=O) groups excluding carboxylic acids is 2. The van der Waals surface area contributed by atoms with E-state index in [1.807, 2.05) is 176 Å². The first-order valence-corrected chi connectivity index (χ1v) is 21.7. The summed E-state index contributed by atoms with van der Waals surface area (Å²) in [5.74, 6) is 6.13. The van der Waals surface area contributed by atoms with Crippen LogP contribution < -0.4 is 14.2 Å². The maximum absolute atomic E-state index is 11.1. The van der Waals surface area contributed by atoms with Gasteiger partial charge in [0.15, 0.2) is 35.9 Å². The average molecular weight is 929 g/mol. The Morgan fingerprint density at radius 1 is 0.559 bits per heavy atom. The quantitative estimate of drug-likeness (QED) is 0.0898. The minimum atomic E-state index is 0.305. The van der Waals surface area contributed by atoms with Gasteiger partial charge < -0.3 is 32.8 Å². The molecule has 15 nitrogen and oxygen atoms in total. The van der Waals surface area contributed by atoms with Gasteiger partial charge in [0.05, 0.1) is 12.1 Å². The predicted octanol–water partition coefficient (Wildman–Crippen LogP) is 9.74. The van der Waals surface area contributed by atoms with E-state index in [9.17, 15) is 9.59 Å². The van der Waals surface area contributed by atoms with Crippen LogP contribution in [0.5, 0.6) is 23.0 Å². The lowest BCUT2D eigenvalue weighted by molar-refractivity contribution is 0.110. The third kappa shape index (κ3) is 12.7. The van der Waals surface area contributed by atoms with E-state index in [-0.39, 0.29) is 0 Å². The van der Waals surface area contributed by atoms with Crippen molar-refractivity contribution in [2.75, 3.05) is 14.1 Å². The predicted molar refractivity (Wildman–Crippen MR) is 261 cm³/mol. The molecule has 0 bridgehead atoms. The Morgan fingerprint density at radius 2 is 1.07 bits per heavy atom. The highest BCUT2D eigenvalue weighted by Crippen LogP contribution is 2.30. The standard InChI is InChI=1S/C19H19ClN4O2.C17H15N3O2.C16H15N3O/c1-23(2)11-18-21-22-19(24(18)3)13-5-8-16(9-6-13)26-17-10-15(20)7-4-14(17)12-25;1-20-16(11-21)18-19-17(20)14-7-9-15(10-8-14)22-12-13-5-3-2-4-6-13;1-19-12-17-18-16(19)14-7-9-15(10-8-14)20-11-13-5-3-2-4-6-13/h4-10,12H,11H2,1-3H3;2-11H,12H2,1H3;2-10,12H,11H2,1H3. The molecule has 0 amide bonds. The molecule has 16 heteroatoms. The van der Waals surface area contributed by atoms with Gasteiger partial charge in [0.1, 0.15) is 48.4 Å². The van der Waals surface area contributed by atoms with E-state index >= 15 is 0 Å². The summed E-state index contributed by atoms with van der Waals surface area (Å²) in [5.41, 5.74) is 5.56. The summed E-state index contributed by atoms with van der Waals surface area (Å²) < 4.78 is 22.8. The fourth-order valence-electron chi connectivity index (χ4n) is 6.65. The molecular formula is C52H49ClN10O5. The number of halogens is 1. The Kier molecular flexibility index (Phi) is 16.3. The second kappa shape index (κ2) is 23.3. The van der Waals surface area contributed by atoms with Crippen molar-refractivity contribution in [1.29, 1.82) is 0 Å². The van der Waals surface area contributed by atoms with Gasteiger partial charge >= 0.3 is 0 Å². The number of aldehydes is 2. The van der Waals surface area contributed by atoms with Gasteiger partial charge in [-0.1, -0.05) is 72.3 Å². The molecule has 0 saturated carbocycles. The van der Waals surface area contributed by atoms with Crippen molar-refractivity contribution in [1.82, 2.24) is 49.2 Å². The number of hydrogen-bond acceptors (Lipinski definition) is 12. The van der Waals surface area contributed by atoms with Crippen LogP contribution >= 0.6 is 11.6 Å². The van der Waals surface area contributed by atoms with Crippen molar-refractivity contribution in [3.8, 4) is 57.2 Å². The number of ether oxygens (including phenoxy) is 3. The molecule has 0 radical (unpaired) electrons. The summed E-state index contributed by atoms with van der Waals surface area (Å²) in [6, 6.07) is 47.9. The minimum Gasteiger partial charge on any atom is -0.489 e. The first-order valence-electron chi connectivity index (χ1n) is 21.4. The van der Waals surface area contributed by atoms with Gasteiger partial charge in [-0.05, 0) is 110 Å². The molecule has 0 atom stereocenters. The van der Waals surface area contributed by atoms with Crippen LogP contribution in [0.4, 0.5) is 0 Å². The molecule has 0 saturated heterocycles. The molecule has 0 aliphatic rings. The van der Waals surface area contributed by atoms with E-state index in [1.54, 1.807) is 36.1 Å². The van der Waals surface area contributed by atoms with Crippen LogP contribution in [0.3, 0.4) is 0 Å². The van der Waals surface area contributed by atoms with E-state index in [0.29, 0.717) is 59.8 Å². The highest BCUT2D eigenvalue weighted by atomic mass is 35.5. The van der Waals surface area contributed by atoms with E-state index in [0.717, 1.165) is 63.1 Å². The third-order valence-corrected chi connectivity index (χ3v) is 10.5. The van der Waals surface area contributed by atoms with E-state index in [1.165, 1.54) is 0 Å². The smallest absolute Gasteiger partial charge is 0.196 e. The first-order chi connectivity index (χ1) is 33.1. The van der Waals surface area contributed by atoms with Crippen molar-refractivity contribution in [3.63, 3.8) is 0 Å². The molecular weight excluding hydrogens is 880 g/mol. The van der Waals surface area contributed by atoms with Crippen molar-refractivity contribution in [2.45, 2.75) is 19.8 Å². The summed E-state index contributed by atoms with van der Waals surface area (Å²) in [4.78, 5) is 24.0. The summed E-state index contributed by atoms with van der Waals surface area (Å²) in [6.45, 7) is 1.82. The zero-order valence-corrected chi connectivity index (χ0v) is 38.9. The zero-order chi connectivity index (χ0) is 47.8. The fourth-order valence-corrected chi connectivity index (χ4v) is 6.81. The second-order valence-corrected chi connectivity index (χ2v) is 16.0. The molecule has 9 aromatic rings. The van der Waals surface area contributed by atoms with Gasteiger partial charge in [0, 0.05) is 48.9 Å². The maximum atomic E-state index is 11.1. The number of carbonyl (C=O) groups is 2. The number of rotatable bonds is 15. The molecule has 3 aromatic heterocycles. The minimum absolute atomic E-state index is 0.305. The Bertz CT molecular complexity index is 3010. The maximum Gasteiger partial charge on any atom is 0.196 e. The largest absolute Gasteiger partial charge is 0.489 e. The summed E-state index contributed by atoms with van der Waals surface area (Å²) in [5, 5.41) is 24.8. The number of benzene rings is 6. The lowest BCUT2D eigenvalue weighted by atomic mass is 10.2. The van der Waals surface area contributed by atoms with Gasteiger partial charge in [0.2, 0.25) is 0 Å². The van der Waals surface area contributed by atoms with Gasteiger partial charge in [-0.15, -0.1) is 30.6 Å². The van der Waals surface area contributed by atoms with Crippen LogP contribution in [0.25, 0.3) is 34.2 Å². The van der Waals surface area contributed by atoms with Crippen LogP contribution in [0.1, 0.15) is 37.9 Å². The molecule has 0 aliphatic heterocycles. The number of aromatic nitrogens is 9. The molecule has 68 heavy (non-hydrogen) atoms. The van der Waals surface area contributed by atoms with Gasteiger partial charge in [-0.3, -0.25) is 9.59 Å². The van der Waals surface area contributed by atoms with Crippen molar-refractivity contribution in [2.24, 2.45) is 21.1 Å². The number of hydrogen-bond donors (Lipinski definition) is 0. The topological polar surface area (TPSA) is 157 Å². The molecule has 6 aromatic carbocycles. The molecule has 9 rings (SSSR count). The van der Waals surface area contributed by atoms with Crippen LogP contribution in [0.2, 0.25) is 5.02 Å². The van der Waals surface area contributed by atoms with Crippen LogP contribution in [-0.4, -0.2) is 75.9 Å². The van der Waals surface area contributed by atoms with E-state index in [2.05, 4.69) is 30.6 Å². The Morgan fingerprint density at radius 3 is 1.56 bits per heavy atom.